The van der Waals surface area contributed by atoms with Gasteiger partial charge in [-0.2, -0.15) is 0 Å². The van der Waals surface area contributed by atoms with Gasteiger partial charge in [0, 0.05) is 23.2 Å². The van der Waals surface area contributed by atoms with Crippen molar-refractivity contribution in [3.8, 4) is 0 Å². The molecular formula is C31H35ClFN3O4S. The van der Waals surface area contributed by atoms with Crippen LogP contribution in [0.2, 0.25) is 5.02 Å². The molecular weight excluding hydrogens is 565 g/mol. The third kappa shape index (κ3) is 7.45. The molecule has 0 radical (unpaired) electrons. The van der Waals surface area contributed by atoms with Gasteiger partial charge in [0.1, 0.15) is 18.4 Å². The lowest BCUT2D eigenvalue weighted by atomic mass is 9.95. The number of halogens is 2. The standard InChI is InChI=1S/C31H35ClFN3O4S/c1-22-10-6-9-15-29(22)36(41(39,40)27-18-16-25(32)17-19-27)21-30(37)35(20-24-11-7-8-14-28(24)33)23(2)31(38)34-26-12-4-3-5-13-26/h6-11,14-19,23,26H,3-5,12-13,20-21H2,1-2H3,(H,34,38)/t23-/m1/s1. The monoisotopic (exact) mass is 599 g/mol. The number of carbonyl (C=O) groups excluding carboxylic acids is 2. The summed E-state index contributed by atoms with van der Waals surface area (Å²) in [7, 11) is -4.22. The minimum Gasteiger partial charge on any atom is -0.352 e. The van der Waals surface area contributed by atoms with E-state index in [1.54, 1.807) is 56.3 Å². The highest BCUT2D eigenvalue weighted by atomic mass is 35.5. The highest BCUT2D eigenvalue weighted by Crippen LogP contribution is 2.28. The summed E-state index contributed by atoms with van der Waals surface area (Å²) in [6.45, 7) is 2.54. The number of aryl methyl sites for hydroxylation is 1. The van der Waals surface area contributed by atoms with Crippen LogP contribution in [-0.4, -0.2) is 43.8 Å². The van der Waals surface area contributed by atoms with Crippen LogP contribution in [0.5, 0.6) is 0 Å². The van der Waals surface area contributed by atoms with Gasteiger partial charge in [-0.25, -0.2) is 12.8 Å². The summed E-state index contributed by atoms with van der Waals surface area (Å²) in [5.74, 6) is -1.51. The van der Waals surface area contributed by atoms with Crippen molar-refractivity contribution in [2.24, 2.45) is 0 Å². The van der Waals surface area contributed by atoms with E-state index in [1.807, 2.05) is 0 Å². The number of rotatable bonds is 10. The van der Waals surface area contributed by atoms with Crippen molar-refractivity contribution < 1.29 is 22.4 Å². The fraction of sp³-hybridized carbons (Fsp3) is 0.355. The Morgan fingerprint density at radius 1 is 0.976 bits per heavy atom. The summed E-state index contributed by atoms with van der Waals surface area (Å²) in [6.07, 6.45) is 4.88. The Morgan fingerprint density at radius 2 is 1.61 bits per heavy atom. The molecule has 1 saturated carbocycles. The molecule has 41 heavy (non-hydrogen) atoms. The lowest BCUT2D eigenvalue weighted by Gasteiger charge is -2.33. The van der Waals surface area contributed by atoms with Crippen LogP contribution in [0.15, 0.2) is 77.7 Å². The smallest absolute Gasteiger partial charge is 0.264 e. The number of amides is 2. The van der Waals surface area contributed by atoms with Gasteiger partial charge in [-0.05, 0) is 68.7 Å². The highest BCUT2D eigenvalue weighted by Gasteiger charge is 2.34. The lowest BCUT2D eigenvalue weighted by molar-refractivity contribution is -0.139. The normalized spacial score (nSPS) is 14.7. The molecule has 0 unspecified atom stereocenters. The second-order valence-electron chi connectivity index (χ2n) is 10.4. The summed E-state index contributed by atoms with van der Waals surface area (Å²) in [4.78, 5) is 28.6. The number of sulfonamides is 1. The van der Waals surface area contributed by atoms with Gasteiger partial charge in [-0.3, -0.25) is 13.9 Å². The third-order valence-electron chi connectivity index (χ3n) is 7.48. The van der Waals surface area contributed by atoms with Crippen LogP contribution < -0.4 is 9.62 Å². The average molecular weight is 600 g/mol. The largest absolute Gasteiger partial charge is 0.352 e. The van der Waals surface area contributed by atoms with Crippen molar-refractivity contribution in [1.82, 2.24) is 10.2 Å². The Bertz CT molecular complexity index is 1480. The van der Waals surface area contributed by atoms with Crippen molar-refractivity contribution in [2.75, 3.05) is 10.8 Å². The molecule has 7 nitrogen and oxygen atoms in total. The van der Waals surface area contributed by atoms with Crippen LogP contribution in [0, 0.1) is 12.7 Å². The van der Waals surface area contributed by atoms with Gasteiger partial charge in [0.2, 0.25) is 11.8 Å². The van der Waals surface area contributed by atoms with E-state index >= 15 is 0 Å². The zero-order valence-corrected chi connectivity index (χ0v) is 24.8. The second kappa shape index (κ2) is 13.5. The number of para-hydroxylation sites is 1. The van der Waals surface area contributed by atoms with Gasteiger partial charge in [-0.1, -0.05) is 67.3 Å². The number of benzene rings is 3. The molecule has 1 aliphatic carbocycles. The van der Waals surface area contributed by atoms with Crippen molar-refractivity contribution in [2.45, 2.75) is 69.5 Å². The summed E-state index contributed by atoms with van der Waals surface area (Å²) >= 11 is 6.00. The van der Waals surface area contributed by atoms with Crippen molar-refractivity contribution in [3.63, 3.8) is 0 Å². The lowest BCUT2D eigenvalue weighted by Crippen LogP contribution is -2.53. The molecule has 4 rings (SSSR count). The summed E-state index contributed by atoms with van der Waals surface area (Å²) in [6, 6.07) is 17.6. The first-order valence-electron chi connectivity index (χ1n) is 13.7. The second-order valence-corrected chi connectivity index (χ2v) is 12.7. The number of nitrogens with one attached hydrogen (secondary N) is 1. The molecule has 2 amide bonds. The van der Waals surface area contributed by atoms with E-state index in [0.717, 1.165) is 36.4 Å². The molecule has 0 bridgehead atoms. The van der Waals surface area contributed by atoms with E-state index < -0.39 is 34.3 Å². The number of carbonyl (C=O) groups is 2. The Morgan fingerprint density at radius 3 is 2.27 bits per heavy atom. The van der Waals surface area contributed by atoms with Crippen LogP contribution in [0.1, 0.15) is 50.2 Å². The topological polar surface area (TPSA) is 86.8 Å². The SMILES string of the molecule is Cc1ccccc1N(CC(=O)N(Cc1ccccc1F)[C@H](C)C(=O)NC1CCCCC1)S(=O)(=O)c1ccc(Cl)cc1. The van der Waals surface area contributed by atoms with E-state index in [4.69, 9.17) is 11.6 Å². The van der Waals surface area contributed by atoms with Crippen molar-refractivity contribution in [1.29, 1.82) is 0 Å². The van der Waals surface area contributed by atoms with E-state index in [2.05, 4.69) is 5.32 Å². The molecule has 0 heterocycles. The molecule has 1 atom stereocenters. The molecule has 0 aromatic heterocycles. The van der Waals surface area contributed by atoms with Crippen LogP contribution >= 0.6 is 11.6 Å². The van der Waals surface area contributed by atoms with Gasteiger partial charge >= 0.3 is 0 Å². The van der Waals surface area contributed by atoms with E-state index in [9.17, 15) is 22.4 Å². The van der Waals surface area contributed by atoms with Crippen LogP contribution in [-0.2, 0) is 26.2 Å². The number of hydrogen-bond donors (Lipinski definition) is 1. The molecule has 1 N–H and O–H groups in total. The molecule has 1 aliphatic rings. The molecule has 0 spiro atoms. The molecule has 1 fully saturated rings. The zero-order valence-electron chi connectivity index (χ0n) is 23.2. The predicted molar refractivity (Wildman–Crippen MR) is 159 cm³/mol. The Labute approximate surface area is 246 Å². The maximum Gasteiger partial charge on any atom is 0.264 e. The van der Waals surface area contributed by atoms with Gasteiger partial charge < -0.3 is 10.2 Å². The maximum atomic E-state index is 14.7. The fourth-order valence-corrected chi connectivity index (χ4v) is 6.66. The first kappa shape index (κ1) is 30.5. The van der Waals surface area contributed by atoms with Gasteiger partial charge in [0.25, 0.3) is 10.0 Å². The Kier molecular flexibility index (Phi) is 10.0. The molecule has 218 valence electrons. The quantitative estimate of drug-likeness (QED) is 0.317. The number of nitrogens with zero attached hydrogens (tertiary/aromatic N) is 2. The van der Waals surface area contributed by atoms with Gasteiger partial charge in [-0.15, -0.1) is 0 Å². The zero-order chi connectivity index (χ0) is 29.6. The van der Waals surface area contributed by atoms with Crippen LogP contribution in [0.4, 0.5) is 10.1 Å². The molecule has 10 heteroatoms. The summed E-state index contributed by atoms with van der Waals surface area (Å²) in [5.41, 5.74) is 1.18. The third-order valence-corrected chi connectivity index (χ3v) is 9.51. The van der Waals surface area contributed by atoms with Crippen LogP contribution in [0.3, 0.4) is 0 Å². The minimum absolute atomic E-state index is 0.0119. The van der Waals surface area contributed by atoms with E-state index in [1.165, 1.54) is 35.2 Å². The molecule has 0 saturated heterocycles. The van der Waals surface area contributed by atoms with Crippen molar-refractivity contribution in [3.05, 3.63) is 94.8 Å². The first-order valence-corrected chi connectivity index (χ1v) is 15.6. The van der Waals surface area contributed by atoms with E-state index in [-0.39, 0.29) is 29.0 Å². The highest BCUT2D eigenvalue weighted by molar-refractivity contribution is 7.92. The Hall–Kier alpha value is -3.43. The summed E-state index contributed by atoms with van der Waals surface area (Å²) < 4.78 is 43.6. The molecule has 0 aliphatic heterocycles. The van der Waals surface area contributed by atoms with Crippen LogP contribution in [0.25, 0.3) is 0 Å². The fourth-order valence-electron chi connectivity index (χ4n) is 5.05. The predicted octanol–water partition coefficient (Wildman–Crippen LogP) is 5.85. The van der Waals surface area contributed by atoms with Gasteiger partial charge in [0.15, 0.2) is 0 Å². The Balaban J connectivity index is 1.69. The number of hydrogen-bond acceptors (Lipinski definition) is 4. The molecule has 3 aromatic rings. The number of anilines is 1. The van der Waals surface area contributed by atoms with E-state index in [0.29, 0.717) is 16.3 Å². The van der Waals surface area contributed by atoms with Crippen molar-refractivity contribution >= 4 is 39.1 Å². The minimum atomic E-state index is -4.22. The van der Waals surface area contributed by atoms with Gasteiger partial charge in [0.05, 0.1) is 10.6 Å². The average Bonchev–Trinajstić information content (AvgIpc) is 2.96. The molecule has 3 aromatic carbocycles. The maximum absolute atomic E-state index is 14.7. The summed E-state index contributed by atoms with van der Waals surface area (Å²) in [5, 5.41) is 3.41. The first-order chi connectivity index (χ1) is 19.6.